The van der Waals surface area contributed by atoms with E-state index in [1.165, 1.54) is 6.07 Å². The zero-order chi connectivity index (χ0) is 22.3. The molecule has 2 aromatic carbocycles. The van der Waals surface area contributed by atoms with Crippen molar-refractivity contribution in [1.29, 1.82) is 0 Å². The van der Waals surface area contributed by atoms with E-state index in [1.54, 1.807) is 12.1 Å². The number of hydrazine groups is 1. The minimum atomic E-state index is -1.14. The van der Waals surface area contributed by atoms with Crippen molar-refractivity contribution >= 4 is 45.2 Å². The molecule has 0 fully saturated rings. The Labute approximate surface area is 175 Å². The lowest BCUT2D eigenvalue weighted by atomic mass is 10.1. The first kappa shape index (κ1) is 20.2. The molecule has 0 atom stereocenters. The van der Waals surface area contributed by atoms with Crippen molar-refractivity contribution in [1.82, 2.24) is 20.8 Å². The van der Waals surface area contributed by atoms with Crippen molar-refractivity contribution in [3.05, 3.63) is 91.0 Å². The highest BCUT2D eigenvalue weighted by atomic mass is 35.5. The Morgan fingerprint density at radius 3 is 2.13 bits per heavy atom. The van der Waals surface area contributed by atoms with Gasteiger partial charge in [-0.1, -0.05) is 11.6 Å². The molecule has 4 rings (SSSR count). The van der Waals surface area contributed by atoms with Crippen LogP contribution in [-0.2, 0) is 0 Å². The second-order valence-corrected chi connectivity index (χ2v) is 6.91. The van der Waals surface area contributed by atoms with E-state index in [9.17, 15) is 28.0 Å². The third-order valence-corrected chi connectivity index (χ3v) is 4.76. The fourth-order valence-electron chi connectivity index (χ4n) is 3.04. The van der Waals surface area contributed by atoms with Gasteiger partial charge in [0.15, 0.2) is 0 Å². The summed E-state index contributed by atoms with van der Waals surface area (Å²) in [4.78, 5) is 54.8. The molecular weight excluding hydrogens is 434 g/mol. The average molecular weight is 445 g/mol. The molecule has 11 heteroatoms. The number of hydrogen-bond acceptors (Lipinski definition) is 4. The number of halogens is 3. The smallest absolute Gasteiger partial charge is 0.275 e. The molecule has 2 heterocycles. The van der Waals surface area contributed by atoms with Crippen LogP contribution in [0.1, 0.15) is 20.7 Å². The molecule has 0 spiro atoms. The molecule has 0 aliphatic carbocycles. The van der Waals surface area contributed by atoms with E-state index in [0.29, 0.717) is 16.6 Å². The molecule has 2 amide bonds. The second kappa shape index (κ2) is 7.65. The van der Waals surface area contributed by atoms with Crippen molar-refractivity contribution in [3.63, 3.8) is 0 Å². The third-order valence-electron chi connectivity index (χ3n) is 4.52. The summed E-state index contributed by atoms with van der Waals surface area (Å²) in [7, 11) is 0. The summed E-state index contributed by atoms with van der Waals surface area (Å²) in [6, 6.07) is 5.94. The lowest BCUT2D eigenvalue weighted by molar-refractivity contribution is 0.0845. The molecule has 0 aliphatic rings. The topological polar surface area (TPSA) is 124 Å². The van der Waals surface area contributed by atoms with Crippen molar-refractivity contribution in [2.24, 2.45) is 0 Å². The number of hydrogen-bond donors (Lipinski definition) is 4. The van der Waals surface area contributed by atoms with Gasteiger partial charge in [0.05, 0.1) is 10.9 Å². The number of H-pyrrole nitrogens is 2. The van der Waals surface area contributed by atoms with Crippen molar-refractivity contribution < 1.29 is 18.4 Å². The molecule has 156 valence electrons. The quantitative estimate of drug-likeness (QED) is 0.354. The van der Waals surface area contributed by atoms with Crippen LogP contribution in [0.15, 0.2) is 52.3 Å². The number of fused-ring (bicyclic) bond motifs is 2. The summed E-state index contributed by atoms with van der Waals surface area (Å²) in [5.41, 5.74) is 1.85. The van der Waals surface area contributed by atoms with Gasteiger partial charge in [0.25, 0.3) is 11.8 Å². The number of benzene rings is 2. The van der Waals surface area contributed by atoms with Gasteiger partial charge in [-0.05, 0) is 24.3 Å². The molecule has 4 aromatic rings. The molecule has 0 aliphatic heterocycles. The molecule has 0 saturated heterocycles. The van der Waals surface area contributed by atoms with Gasteiger partial charge in [-0.2, -0.15) is 0 Å². The molecule has 0 radical (unpaired) electrons. The standard InChI is InChI=1S/C20H11ClF2N4O4/c21-8-1-2-14-10(3-8)17(28)11(6-24-14)19(30)26-27-20(31)12-7-25-15-5-9(22)4-13(23)16(15)18(12)29/h1-7H,(H,24,28)(H,25,29)(H,26,30)(H,27,31). The summed E-state index contributed by atoms with van der Waals surface area (Å²) >= 11 is 5.88. The van der Waals surface area contributed by atoms with Crippen LogP contribution in [0.3, 0.4) is 0 Å². The van der Waals surface area contributed by atoms with E-state index in [4.69, 9.17) is 11.6 Å². The van der Waals surface area contributed by atoms with Crippen molar-refractivity contribution in [2.45, 2.75) is 0 Å². The second-order valence-electron chi connectivity index (χ2n) is 6.47. The summed E-state index contributed by atoms with van der Waals surface area (Å²) in [6.45, 7) is 0. The molecule has 2 aromatic heterocycles. The summed E-state index contributed by atoms with van der Waals surface area (Å²) in [5.74, 6) is -4.06. The fraction of sp³-hybridized carbons (Fsp3) is 0. The minimum Gasteiger partial charge on any atom is -0.360 e. The van der Waals surface area contributed by atoms with Crippen LogP contribution in [0.5, 0.6) is 0 Å². The number of aromatic amines is 2. The number of amides is 2. The van der Waals surface area contributed by atoms with Gasteiger partial charge in [-0.15, -0.1) is 0 Å². The van der Waals surface area contributed by atoms with E-state index >= 15 is 0 Å². The van der Waals surface area contributed by atoms with E-state index in [-0.39, 0.29) is 16.5 Å². The molecule has 4 N–H and O–H groups in total. The summed E-state index contributed by atoms with van der Waals surface area (Å²) in [6.07, 6.45) is 2.11. The number of rotatable bonds is 2. The lowest BCUT2D eigenvalue weighted by Gasteiger charge is -2.08. The van der Waals surface area contributed by atoms with Crippen LogP contribution in [-0.4, -0.2) is 21.8 Å². The number of carbonyl (C=O) groups excluding carboxylic acids is 2. The van der Waals surface area contributed by atoms with Gasteiger partial charge in [0.2, 0.25) is 10.9 Å². The van der Waals surface area contributed by atoms with Crippen LogP contribution >= 0.6 is 11.6 Å². The number of nitrogens with one attached hydrogen (secondary N) is 4. The fourth-order valence-corrected chi connectivity index (χ4v) is 3.22. The molecule has 0 bridgehead atoms. The Hall–Kier alpha value is -4.05. The average Bonchev–Trinajstić information content (AvgIpc) is 2.72. The monoisotopic (exact) mass is 444 g/mol. The van der Waals surface area contributed by atoms with E-state index in [1.807, 2.05) is 10.9 Å². The minimum absolute atomic E-state index is 0.135. The van der Waals surface area contributed by atoms with Crippen LogP contribution < -0.4 is 21.7 Å². The maximum Gasteiger partial charge on any atom is 0.275 e. The van der Waals surface area contributed by atoms with E-state index in [0.717, 1.165) is 18.5 Å². The maximum atomic E-state index is 14.0. The molecular formula is C20H11ClF2N4O4. The van der Waals surface area contributed by atoms with Crippen molar-refractivity contribution in [2.75, 3.05) is 0 Å². The van der Waals surface area contributed by atoms with Gasteiger partial charge in [0.1, 0.15) is 22.8 Å². The SMILES string of the molecule is O=C(NNC(=O)c1c[nH]c2cc(F)cc(F)c2c1=O)c1c[nH]c2ccc(Cl)cc2c1=O. The van der Waals surface area contributed by atoms with E-state index in [2.05, 4.69) is 9.97 Å². The van der Waals surface area contributed by atoms with Crippen LogP contribution in [0.2, 0.25) is 5.02 Å². The van der Waals surface area contributed by atoms with E-state index < -0.39 is 45.3 Å². The highest BCUT2D eigenvalue weighted by Gasteiger charge is 2.18. The Balaban J connectivity index is 1.59. The highest BCUT2D eigenvalue weighted by molar-refractivity contribution is 6.31. The van der Waals surface area contributed by atoms with Gasteiger partial charge >= 0.3 is 0 Å². The predicted octanol–water partition coefficient (Wildman–Crippen LogP) is 2.38. The molecule has 0 unspecified atom stereocenters. The van der Waals surface area contributed by atoms with Crippen LogP contribution in [0, 0.1) is 11.6 Å². The normalized spacial score (nSPS) is 10.9. The predicted molar refractivity (Wildman–Crippen MR) is 109 cm³/mol. The third kappa shape index (κ3) is 3.64. The van der Waals surface area contributed by atoms with Crippen LogP contribution in [0.4, 0.5) is 8.78 Å². The van der Waals surface area contributed by atoms with Gasteiger partial charge in [-0.3, -0.25) is 30.0 Å². The van der Waals surface area contributed by atoms with Gasteiger partial charge < -0.3 is 9.97 Å². The number of pyridine rings is 2. The first-order valence-corrected chi connectivity index (χ1v) is 9.06. The molecule has 0 saturated carbocycles. The number of aromatic nitrogens is 2. The maximum absolute atomic E-state index is 14.0. The lowest BCUT2D eigenvalue weighted by Crippen LogP contribution is -2.44. The Morgan fingerprint density at radius 1 is 0.839 bits per heavy atom. The Bertz CT molecular complexity index is 1510. The van der Waals surface area contributed by atoms with Gasteiger partial charge in [-0.25, -0.2) is 8.78 Å². The summed E-state index contributed by atoms with van der Waals surface area (Å²) < 4.78 is 27.3. The first-order chi connectivity index (χ1) is 14.8. The largest absolute Gasteiger partial charge is 0.360 e. The van der Waals surface area contributed by atoms with Gasteiger partial charge in [0, 0.05) is 34.4 Å². The summed E-state index contributed by atoms with van der Waals surface area (Å²) in [5, 5.41) is -0.0464. The Kier molecular flexibility index (Phi) is 4.99. The molecule has 8 nitrogen and oxygen atoms in total. The number of carbonyl (C=O) groups is 2. The first-order valence-electron chi connectivity index (χ1n) is 8.68. The van der Waals surface area contributed by atoms with Crippen LogP contribution in [0.25, 0.3) is 21.8 Å². The zero-order valence-corrected chi connectivity index (χ0v) is 16.1. The van der Waals surface area contributed by atoms with Crippen molar-refractivity contribution in [3.8, 4) is 0 Å². The molecule has 31 heavy (non-hydrogen) atoms. The zero-order valence-electron chi connectivity index (χ0n) is 15.3. The highest BCUT2D eigenvalue weighted by Crippen LogP contribution is 2.16. The Morgan fingerprint density at radius 2 is 1.45 bits per heavy atom.